The van der Waals surface area contributed by atoms with Crippen molar-refractivity contribution in [3.05, 3.63) is 168 Å². The summed E-state index contributed by atoms with van der Waals surface area (Å²) in [6.45, 7) is 0. The molecule has 5 nitrogen and oxygen atoms in total. The number of para-hydroxylation sites is 3. The van der Waals surface area contributed by atoms with Crippen molar-refractivity contribution in [1.82, 2.24) is 10.2 Å². The predicted octanol–water partition coefficient (Wildman–Crippen LogP) is 12.2. The zero-order chi connectivity index (χ0) is 34.3. The second kappa shape index (κ2) is 11.4. The van der Waals surface area contributed by atoms with Gasteiger partial charge in [0.05, 0.1) is 0 Å². The second-order valence-electron chi connectivity index (χ2n) is 13.6. The van der Waals surface area contributed by atoms with Crippen molar-refractivity contribution in [3.8, 4) is 11.1 Å². The van der Waals surface area contributed by atoms with E-state index >= 15 is 0 Å². The average molecular weight is 690 g/mol. The summed E-state index contributed by atoms with van der Waals surface area (Å²) >= 11 is 1.84. The summed E-state index contributed by atoms with van der Waals surface area (Å²) in [4.78, 5) is 7.65. The molecule has 0 aliphatic carbocycles. The number of hydrogen-bond acceptors (Lipinski definition) is 6. The Balaban J connectivity index is 1.06. The van der Waals surface area contributed by atoms with E-state index in [1.54, 1.807) is 0 Å². The van der Waals surface area contributed by atoms with Gasteiger partial charge in [-0.3, -0.25) is 4.90 Å². The van der Waals surface area contributed by atoms with Crippen LogP contribution in [0.15, 0.2) is 165 Å². The Morgan fingerprint density at radius 3 is 2.13 bits per heavy atom. The third kappa shape index (κ3) is 4.41. The Morgan fingerprint density at radius 1 is 0.577 bits per heavy atom. The van der Waals surface area contributed by atoms with Crippen molar-refractivity contribution in [3.63, 3.8) is 0 Å². The predicted molar refractivity (Wildman–Crippen MR) is 215 cm³/mol. The lowest BCUT2D eigenvalue weighted by Crippen LogP contribution is -2.46. The molecule has 2 unspecified atom stereocenters. The van der Waals surface area contributed by atoms with Crippen LogP contribution < -0.4 is 5.32 Å². The first kappa shape index (κ1) is 29.5. The molecule has 0 radical (unpaired) electrons. The van der Waals surface area contributed by atoms with Crippen LogP contribution in [0.1, 0.15) is 29.0 Å². The molecule has 2 atom stereocenters. The topological polar surface area (TPSA) is 53.9 Å². The van der Waals surface area contributed by atoms with E-state index in [1.807, 2.05) is 23.5 Å². The Kier molecular flexibility index (Phi) is 6.47. The fourth-order valence-corrected chi connectivity index (χ4v) is 9.34. The van der Waals surface area contributed by atoms with Crippen LogP contribution in [0.4, 0.5) is 0 Å². The van der Waals surface area contributed by atoms with E-state index in [-0.39, 0.29) is 12.3 Å². The number of nitrogens with zero attached hydrogens (tertiary/aromatic N) is 2. The molecule has 1 N–H and O–H groups in total. The van der Waals surface area contributed by atoms with Gasteiger partial charge in [-0.2, -0.15) is 0 Å². The maximum Gasteiger partial charge on any atom is 0.143 e. The van der Waals surface area contributed by atoms with Gasteiger partial charge < -0.3 is 14.2 Å². The summed E-state index contributed by atoms with van der Waals surface area (Å²) in [5, 5.41) is 10.8. The molecule has 7 aromatic carbocycles. The molecule has 0 spiro atoms. The highest BCUT2D eigenvalue weighted by molar-refractivity contribution is 7.26. The van der Waals surface area contributed by atoms with Gasteiger partial charge in [0.15, 0.2) is 0 Å². The Hall–Kier alpha value is -6.21. The molecule has 1 aliphatic rings. The lowest BCUT2D eigenvalue weighted by atomic mass is 9.99. The van der Waals surface area contributed by atoms with Gasteiger partial charge in [0.2, 0.25) is 0 Å². The number of fused-ring (bicyclic) bond motifs is 9. The third-order valence-electron chi connectivity index (χ3n) is 10.6. The minimum atomic E-state index is -0.215. The molecular weight excluding hydrogens is 659 g/mol. The largest absolute Gasteiger partial charge is 0.456 e. The standard InChI is InChI=1S/C46H31N3O2S/c1-49-45(27-12-3-2-4-13-27)47-44(48-46(49)36-21-10-16-31-29-14-5-7-22-38(29)50-42(31)36)28-24-25-39-37(26-28)33-18-9-17-32(41(33)51-39)35-20-11-19-34-30-15-6-8-23-40(30)52-43(34)35/h2-26,45-46H,1H3,(H,47,48). The maximum absolute atomic E-state index is 6.70. The summed E-state index contributed by atoms with van der Waals surface area (Å²) in [6, 6.07) is 53.4. The Morgan fingerprint density at radius 2 is 1.25 bits per heavy atom. The first-order valence-corrected chi connectivity index (χ1v) is 18.4. The van der Waals surface area contributed by atoms with E-state index < -0.39 is 0 Å². The van der Waals surface area contributed by atoms with E-state index in [0.29, 0.717) is 0 Å². The minimum Gasteiger partial charge on any atom is -0.456 e. The van der Waals surface area contributed by atoms with Gasteiger partial charge in [-0.15, -0.1) is 11.3 Å². The molecule has 1 aliphatic heterocycles. The molecule has 3 aromatic heterocycles. The second-order valence-corrected chi connectivity index (χ2v) is 14.6. The van der Waals surface area contributed by atoms with Crippen molar-refractivity contribution in [2.75, 3.05) is 7.05 Å². The fourth-order valence-electron chi connectivity index (χ4n) is 8.11. The zero-order valence-corrected chi connectivity index (χ0v) is 29.0. The molecule has 0 saturated carbocycles. The summed E-state index contributed by atoms with van der Waals surface area (Å²) in [7, 11) is 2.13. The van der Waals surface area contributed by atoms with Crippen molar-refractivity contribution in [1.29, 1.82) is 0 Å². The molecule has 10 aromatic rings. The SMILES string of the molecule is CN1C(c2ccccc2)N=C(c2ccc3oc4c(-c5cccc6c5sc5ccccc56)cccc4c3c2)NC1c1cccc2c1oc1ccccc12. The van der Waals surface area contributed by atoms with Gasteiger partial charge in [0.25, 0.3) is 0 Å². The molecule has 0 amide bonds. The van der Waals surface area contributed by atoms with Crippen LogP contribution in [0.5, 0.6) is 0 Å². The quantitative estimate of drug-likeness (QED) is 0.200. The zero-order valence-electron chi connectivity index (χ0n) is 28.2. The van der Waals surface area contributed by atoms with E-state index in [4.69, 9.17) is 13.8 Å². The summed E-state index contributed by atoms with van der Waals surface area (Å²) in [5.74, 6) is 0.826. The molecule has 248 valence electrons. The van der Waals surface area contributed by atoms with Crippen molar-refractivity contribution in [2.24, 2.45) is 4.99 Å². The van der Waals surface area contributed by atoms with E-state index in [2.05, 4.69) is 157 Å². The highest BCUT2D eigenvalue weighted by atomic mass is 32.1. The molecule has 11 rings (SSSR count). The maximum atomic E-state index is 6.70. The number of thiophene rings is 1. The van der Waals surface area contributed by atoms with Crippen molar-refractivity contribution < 1.29 is 8.83 Å². The number of nitrogens with one attached hydrogen (secondary N) is 1. The molecular formula is C46H31N3O2S. The van der Waals surface area contributed by atoms with Crippen LogP contribution in [0, 0.1) is 0 Å². The average Bonchev–Trinajstić information content (AvgIpc) is 3.89. The molecule has 0 bridgehead atoms. The Bertz CT molecular complexity index is 3040. The van der Waals surface area contributed by atoms with Crippen LogP contribution in [-0.2, 0) is 0 Å². The van der Waals surface area contributed by atoms with Crippen LogP contribution >= 0.6 is 11.3 Å². The first-order chi connectivity index (χ1) is 25.7. The van der Waals surface area contributed by atoms with Crippen molar-refractivity contribution >= 4 is 81.2 Å². The number of hydrogen-bond donors (Lipinski definition) is 1. The number of furan rings is 2. The normalized spacial score (nSPS) is 16.8. The minimum absolute atomic E-state index is 0.202. The number of amidine groups is 1. The van der Waals surface area contributed by atoms with Gasteiger partial charge in [-0.05, 0) is 42.9 Å². The molecule has 0 saturated heterocycles. The van der Waals surface area contributed by atoms with Gasteiger partial charge in [0.1, 0.15) is 40.5 Å². The Labute approximate surface area is 303 Å². The van der Waals surface area contributed by atoms with Gasteiger partial charge in [-0.25, -0.2) is 4.99 Å². The lowest BCUT2D eigenvalue weighted by molar-refractivity contribution is 0.152. The van der Waals surface area contributed by atoms with Crippen LogP contribution in [-0.4, -0.2) is 17.8 Å². The van der Waals surface area contributed by atoms with Crippen LogP contribution in [0.2, 0.25) is 0 Å². The molecule has 0 fully saturated rings. The van der Waals surface area contributed by atoms with Crippen LogP contribution in [0.3, 0.4) is 0 Å². The van der Waals surface area contributed by atoms with Gasteiger partial charge in [0, 0.05) is 64.0 Å². The van der Waals surface area contributed by atoms with Gasteiger partial charge in [-0.1, -0.05) is 121 Å². The number of rotatable bonds is 4. The highest BCUT2D eigenvalue weighted by Gasteiger charge is 2.33. The summed E-state index contributed by atoms with van der Waals surface area (Å²) < 4.78 is 15.8. The van der Waals surface area contributed by atoms with E-state index in [1.165, 1.54) is 25.7 Å². The highest BCUT2D eigenvalue weighted by Crippen LogP contribution is 2.44. The third-order valence-corrected chi connectivity index (χ3v) is 11.8. The summed E-state index contributed by atoms with van der Waals surface area (Å²) in [5.41, 5.74) is 9.02. The fraction of sp³-hybridized carbons (Fsp3) is 0.0652. The van der Waals surface area contributed by atoms with Crippen molar-refractivity contribution in [2.45, 2.75) is 12.3 Å². The number of aliphatic imine (C=N–C) groups is 1. The van der Waals surface area contributed by atoms with Crippen LogP contribution in [0.25, 0.3) is 75.2 Å². The molecule has 6 heteroatoms. The molecule has 4 heterocycles. The monoisotopic (exact) mass is 689 g/mol. The molecule has 52 heavy (non-hydrogen) atoms. The summed E-state index contributed by atoms with van der Waals surface area (Å²) in [6.07, 6.45) is -0.417. The first-order valence-electron chi connectivity index (χ1n) is 17.6. The lowest BCUT2D eigenvalue weighted by Gasteiger charge is -2.39. The number of benzene rings is 7. The van der Waals surface area contributed by atoms with Gasteiger partial charge >= 0.3 is 0 Å². The smallest absolute Gasteiger partial charge is 0.143 e. The van der Waals surface area contributed by atoms with E-state index in [0.717, 1.165) is 72.0 Å². The van der Waals surface area contributed by atoms with E-state index in [9.17, 15) is 0 Å².